The Kier molecular flexibility index (Phi) is 5.81. The first-order valence-corrected chi connectivity index (χ1v) is 11.0. The third kappa shape index (κ3) is 4.82. The lowest BCUT2D eigenvalue weighted by atomic mass is 10.2. The molecule has 0 amide bonds. The Bertz CT molecular complexity index is 1430. The fraction of sp³-hybridized carbons (Fsp3) is 0.0909. The van der Waals surface area contributed by atoms with Gasteiger partial charge in [0.2, 0.25) is 0 Å². The van der Waals surface area contributed by atoms with Crippen LogP contribution in [0.2, 0.25) is 0 Å². The van der Waals surface area contributed by atoms with Crippen LogP contribution in [0.15, 0.2) is 77.7 Å². The van der Waals surface area contributed by atoms with Gasteiger partial charge in [0.1, 0.15) is 5.75 Å². The monoisotopic (exact) mass is 474 g/mol. The number of fused-ring (bicyclic) bond motifs is 1. The Balaban J connectivity index is 1.81. The van der Waals surface area contributed by atoms with E-state index in [-0.39, 0.29) is 11.6 Å². The topological polar surface area (TPSA) is 93.2 Å². The molecule has 3 aromatic carbocycles. The first-order chi connectivity index (χ1) is 15.7. The van der Waals surface area contributed by atoms with E-state index in [9.17, 15) is 21.6 Å². The number of benzene rings is 3. The number of anilines is 3. The lowest BCUT2D eigenvalue weighted by Gasteiger charge is -2.16. The Morgan fingerprint density at radius 1 is 0.848 bits per heavy atom. The molecule has 11 heteroatoms. The molecule has 7 nitrogen and oxygen atoms in total. The number of nitrogens with zero attached hydrogens (tertiary/aromatic N) is 2. The molecule has 33 heavy (non-hydrogen) atoms. The van der Waals surface area contributed by atoms with Crippen molar-refractivity contribution in [1.29, 1.82) is 0 Å². The normalized spacial score (nSPS) is 11.9. The number of halogens is 3. The van der Waals surface area contributed by atoms with E-state index in [0.29, 0.717) is 28.5 Å². The van der Waals surface area contributed by atoms with E-state index in [4.69, 9.17) is 4.74 Å². The van der Waals surface area contributed by atoms with Gasteiger partial charge in [-0.25, -0.2) is 18.4 Å². The molecule has 4 aromatic rings. The molecule has 0 bridgehead atoms. The number of sulfonamides is 1. The van der Waals surface area contributed by atoms with Crippen LogP contribution in [0.25, 0.3) is 11.0 Å². The first-order valence-electron chi connectivity index (χ1n) is 9.54. The maximum absolute atomic E-state index is 13.4. The molecule has 0 saturated heterocycles. The largest absolute Gasteiger partial charge is 0.497 e. The number of methoxy groups -OCH3 is 1. The minimum atomic E-state index is -4.86. The molecule has 0 aliphatic rings. The highest BCUT2D eigenvalue weighted by molar-refractivity contribution is 7.92. The Hall–Kier alpha value is -3.86. The van der Waals surface area contributed by atoms with Gasteiger partial charge < -0.3 is 10.1 Å². The average molecular weight is 474 g/mol. The van der Waals surface area contributed by atoms with Crippen molar-refractivity contribution in [1.82, 2.24) is 9.97 Å². The molecule has 0 aliphatic carbocycles. The number of hydrogen-bond acceptors (Lipinski definition) is 6. The molecular formula is C22H17F3N4O3S. The van der Waals surface area contributed by atoms with Gasteiger partial charge in [-0.15, -0.1) is 0 Å². The summed E-state index contributed by atoms with van der Waals surface area (Å²) in [7, 11) is -3.17. The van der Waals surface area contributed by atoms with E-state index < -0.39 is 26.7 Å². The number of rotatable bonds is 6. The molecule has 0 aliphatic heterocycles. The van der Waals surface area contributed by atoms with Crippen molar-refractivity contribution < 1.29 is 26.3 Å². The zero-order chi connectivity index (χ0) is 23.6. The maximum Gasteiger partial charge on any atom is 0.417 e. The van der Waals surface area contributed by atoms with E-state index in [1.54, 1.807) is 48.5 Å². The molecule has 0 unspecified atom stereocenters. The van der Waals surface area contributed by atoms with E-state index >= 15 is 0 Å². The molecule has 0 radical (unpaired) electrons. The highest BCUT2D eigenvalue weighted by Gasteiger charge is 2.37. The summed E-state index contributed by atoms with van der Waals surface area (Å²) in [6.07, 6.45) is -4.86. The van der Waals surface area contributed by atoms with Crippen LogP contribution in [0, 0.1) is 0 Å². The van der Waals surface area contributed by atoms with Gasteiger partial charge >= 0.3 is 6.18 Å². The summed E-state index contributed by atoms with van der Waals surface area (Å²) >= 11 is 0. The second-order valence-corrected chi connectivity index (χ2v) is 8.52. The van der Waals surface area contributed by atoms with Gasteiger partial charge in [0.15, 0.2) is 11.6 Å². The van der Waals surface area contributed by atoms with Crippen molar-refractivity contribution in [2.24, 2.45) is 0 Å². The first kappa shape index (κ1) is 22.3. The van der Waals surface area contributed by atoms with Crippen molar-refractivity contribution in [3.8, 4) is 5.75 Å². The molecule has 1 aromatic heterocycles. The number of hydrogen-bond donors (Lipinski definition) is 2. The van der Waals surface area contributed by atoms with Gasteiger partial charge in [0, 0.05) is 11.8 Å². The summed E-state index contributed by atoms with van der Waals surface area (Å²) in [4.78, 5) is 7.78. The average Bonchev–Trinajstić information content (AvgIpc) is 2.79. The van der Waals surface area contributed by atoms with Crippen LogP contribution in [-0.4, -0.2) is 25.5 Å². The number of ether oxygens (including phenoxy) is 1. The van der Waals surface area contributed by atoms with E-state index in [1.165, 1.54) is 13.2 Å². The number of para-hydroxylation sites is 2. The van der Waals surface area contributed by atoms with Crippen LogP contribution in [0.1, 0.15) is 5.56 Å². The van der Waals surface area contributed by atoms with Crippen LogP contribution < -0.4 is 14.8 Å². The number of alkyl halides is 3. The molecular weight excluding hydrogens is 457 g/mol. The zero-order valence-electron chi connectivity index (χ0n) is 17.1. The summed E-state index contributed by atoms with van der Waals surface area (Å²) < 4.78 is 73.6. The van der Waals surface area contributed by atoms with Gasteiger partial charge in [-0.05, 0) is 36.4 Å². The summed E-state index contributed by atoms with van der Waals surface area (Å²) in [5.74, 6) is 0.290. The zero-order valence-corrected chi connectivity index (χ0v) is 17.9. The summed E-state index contributed by atoms with van der Waals surface area (Å²) in [6, 6.07) is 17.4. The fourth-order valence-corrected chi connectivity index (χ4v) is 4.35. The Morgan fingerprint density at radius 2 is 1.48 bits per heavy atom. The van der Waals surface area contributed by atoms with E-state index in [1.807, 2.05) is 0 Å². The molecule has 2 N–H and O–H groups in total. The lowest BCUT2D eigenvalue weighted by Crippen LogP contribution is -2.20. The standard InChI is InChI=1S/C22H17F3N4O3S/c1-32-15-8-6-7-14(13-15)26-20-21(28-18-11-4-3-10-17(18)27-20)29-33(30,31)19-12-5-2-9-16(19)22(23,24)25/h2-13H,1H3,(H,26,27)(H,28,29). The quantitative estimate of drug-likeness (QED) is 0.399. The van der Waals surface area contributed by atoms with Crippen LogP contribution >= 0.6 is 0 Å². The SMILES string of the molecule is COc1cccc(Nc2nc3ccccc3nc2NS(=O)(=O)c2ccccc2C(F)(F)F)c1. The predicted molar refractivity (Wildman–Crippen MR) is 118 cm³/mol. The summed E-state index contributed by atoms with van der Waals surface area (Å²) in [5, 5.41) is 2.96. The Labute approximate surface area is 187 Å². The Morgan fingerprint density at radius 3 is 2.15 bits per heavy atom. The van der Waals surface area contributed by atoms with Crippen LogP contribution in [0.4, 0.5) is 30.5 Å². The molecule has 0 saturated carbocycles. The van der Waals surface area contributed by atoms with Crippen molar-refractivity contribution in [2.45, 2.75) is 11.1 Å². The summed E-state index contributed by atoms with van der Waals surface area (Å²) in [5.41, 5.74) is 0.0423. The molecule has 0 spiro atoms. The second-order valence-electron chi connectivity index (χ2n) is 6.87. The second kappa shape index (κ2) is 8.58. The van der Waals surface area contributed by atoms with E-state index in [0.717, 1.165) is 12.1 Å². The van der Waals surface area contributed by atoms with Gasteiger partial charge in [0.05, 0.1) is 28.6 Å². The summed E-state index contributed by atoms with van der Waals surface area (Å²) in [6.45, 7) is 0. The van der Waals surface area contributed by atoms with Gasteiger partial charge in [0.25, 0.3) is 10.0 Å². The number of aromatic nitrogens is 2. The molecule has 0 atom stereocenters. The number of nitrogens with one attached hydrogen (secondary N) is 2. The minimum Gasteiger partial charge on any atom is -0.497 e. The molecule has 1 heterocycles. The highest BCUT2D eigenvalue weighted by Crippen LogP contribution is 2.35. The van der Waals surface area contributed by atoms with Crippen LogP contribution in [0.5, 0.6) is 5.75 Å². The molecule has 170 valence electrons. The van der Waals surface area contributed by atoms with Crippen molar-refractivity contribution >= 4 is 38.4 Å². The third-order valence-corrected chi connectivity index (χ3v) is 6.01. The molecule has 0 fully saturated rings. The minimum absolute atomic E-state index is 0.00928. The van der Waals surface area contributed by atoms with Gasteiger partial charge in [-0.2, -0.15) is 13.2 Å². The van der Waals surface area contributed by atoms with Crippen molar-refractivity contribution in [3.63, 3.8) is 0 Å². The van der Waals surface area contributed by atoms with Crippen LogP contribution in [-0.2, 0) is 16.2 Å². The maximum atomic E-state index is 13.4. The van der Waals surface area contributed by atoms with Gasteiger partial charge in [-0.3, -0.25) is 4.72 Å². The van der Waals surface area contributed by atoms with E-state index in [2.05, 4.69) is 20.0 Å². The fourth-order valence-electron chi connectivity index (χ4n) is 3.11. The van der Waals surface area contributed by atoms with Crippen molar-refractivity contribution in [3.05, 3.63) is 78.4 Å². The van der Waals surface area contributed by atoms with Crippen molar-refractivity contribution in [2.75, 3.05) is 17.1 Å². The van der Waals surface area contributed by atoms with Gasteiger partial charge in [-0.1, -0.05) is 30.3 Å². The smallest absolute Gasteiger partial charge is 0.417 e. The third-order valence-electron chi connectivity index (χ3n) is 4.62. The lowest BCUT2D eigenvalue weighted by molar-refractivity contribution is -0.139. The predicted octanol–water partition coefficient (Wildman–Crippen LogP) is 5.20. The van der Waals surface area contributed by atoms with Crippen LogP contribution in [0.3, 0.4) is 0 Å². The highest BCUT2D eigenvalue weighted by atomic mass is 32.2. The molecule has 4 rings (SSSR count).